The molecule has 2 fully saturated rings. The highest BCUT2D eigenvalue weighted by Crippen LogP contribution is 2.29. The van der Waals surface area contributed by atoms with Crippen LogP contribution in [0.15, 0.2) is 24.5 Å². The Morgan fingerprint density at radius 2 is 1.85 bits per heavy atom. The fraction of sp³-hybridized carbons (Fsp3) is 0.526. The van der Waals surface area contributed by atoms with E-state index in [-0.39, 0.29) is 11.8 Å². The van der Waals surface area contributed by atoms with E-state index in [0.29, 0.717) is 37.8 Å². The summed E-state index contributed by atoms with van der Waals surface area (Å²) in [6.07, 6.45) is 5.50. The van der Waals surface area contributed by atoms with Crippen LogP contribution in [0, 0.1) is 0 Å². The average Bonchev–Trinajstić information content (AvgIpc) is 3.11. The molecule has 7 nitrogen and oxygen atoms in total. The van der Waals surface area contributed by atoms with E-state index >= 15 is 0 Å². The van der Waals surface area contributed by atoms with E-state index in [2.05, 4.69) is 17.2 Å². The highest BCUT2D eigenvalue weighted by atomic mass is 16.5. The van der Waals surface area contributed by atoms with Gasteiger partial charge in [-0.1, -0.05) is 0 Å². The molecular weight excluding hydrogens is 332 g/mol. The molecule has 4 rings (SSSR count). The Morgan fingerprint density at radius 3 is 2.54 bits per heavy atom. The molecule has 0 aromatic carbocycles. The number of aromatic nitrogens is 2. The number of carbonyl (C=O) groups excluding carboxylic acids is 2. The summed E-state index contributed by atoms with van der Waals surface area (Å²) in [6, 6.07) is 4.17. The molecule has 26 heavy (non-hydrogen) atoms. The van der Waals surface area contributed by atoms with Crippen molar-refractivity contribution in [2.45, 2.75) is 25.7 Å². The van der Waals surface area contributed by atoms with Gasteiger partial charge in [-0.2, -0.15) is 5.10 Å². The standard InChI is InChI=1S/C19H24N4O3/c1-14(24)21-5-2-15(3-6-21)16-4-7-23-18(12-16)17(13-20-23)19(25)22-8-10-26-11-9-22/h4,7,12-13,15H,2-3,5-6,8-11H2,1H3. The summed E-state index contributed by atoms with van der Waals surface area (Å²) in [4.78, 5) is 28.1. The first-order valence-corrected chi connectivity index (χ1v) is 9.23. The molecule has 2 aromatic rings. The van der Waals surface area contributed by atoms with Gasteiger partial charge >= 0.3 is 0 Å². The van der Waals surface area contributed by atoms with Gasteiger partial charge in [-0.3, -0.25) is 9.59 Å². The molecule has 4 heterocycles. The Balaban J connectivity index is 1.57. The molecule has 0 aliphatic carbocycles. The van der Waals surface area contributed by atoms with E-state index < -0.39 is 0 Å². The minimum atomic E-state index is 0.0202. The van der Waals surface area contributed by atoms with Crippen molar-refractivity contribution in [3.05, 3.63) is 35.7 Å². The van der Waals surface area contributed by atoms with E-state index in [1.807, 2.05) is 16.0 Å². The average molecular weight is 356 g/mol. The lowest BCUT2D eigenvalue weighted by molar-refractivity contribution is -0.129. The number of pyridine rings is 1. The van der Waals surface area contributed by atoms with Crippen molar-refractivity contribution in [1.82, 2.24) is 19.4 Å². The molecule has 138 valence electrons. The molecule has 2 aliphatic rings. The maximum absolute atomic E-state index is 12.9. The first-order valence-electron chi connectivity index (χ1n) is 9.23. The van der Waals surface area contributed by atoms with Crippen molar-refractivity contribution in [2.24, 2.45) is 0 Å². The van der Waals surface area contributed by atoms with E-state index in [1.54, 1.807) is 17.6 Å². The first kappa shape index (κ1) is 17.0. The number of nitrogens with zero attached hydrogens (tertiary/aromatic N) is 4. The van der Waals surface area contributed by atoms with Gasteiger partial charge in [0.15, 0.2) is 0 Å². The number of morpholine rings is 1. The van der Waals surface area contributed by atoms with Gasteiger partial charge < -0.3 is 14.5 Å². The maximum atomic E-state index is 12.9. The summed E-state index contributed by atoms with van der Waals surface area (Å²) >= 11 is 0. The number of carbonyl (C=O) groups is 2. The van der Waals surface area contributed by atoms with E-state index in [4.69, 9.17) is 4.74 Å². The van der Waals surface area contributed by atoms with Crippen molar-refractivity contribution in [3.63, 3.8) is 0 Å². The van der Waals surface area contributed by atoms with Gasteiger partial charge in [0, 0.05) is 39.3 Å². The lowest BCUT2D eigenvalue weighted by atomic mass is 9.89. The lowest BCUT2D eigenvalue weighted by Gasteiger charge is -2.31. The number of rotatable bonds is 2. The Labute approximate surface area is 152 Å². The van der Waals surface area contributed by atoms with Crippen molar-refractivity contribution in [3.8, 4) is 0 Å². The normalized spacial score (nSPS) is 19.1. The van der Waals surface area contributed by atoms with Gasteiger partial charge in [0.25, 0.3) is 5.91 Å². The van der Waals surface area contributed by atoms with Crippen LogP contribution in [0.4, 0.5) is 0 Å². The molecule has 0 atom stereocenters. The predicted molar refractivity (Wildman–Crippen MR) is 96.1 cm³/mol. The predicted octanol–water partition coefficient (Wildman–Crippen LogP) is 1.53. The zero-order valence-electron chi connectivity index (χ0n) is 15.1. The van der Waals surface area contributed by atoms with E-state index in [9.17, 15) is 9.59 Å². The molecule has 7 heteroatoms. The molecule has 0 radical (unpaired) electrons. The zero-order chi connectivity index (χ0) is 18.1. The van der Waals surface area contributed by atoms with Crippen LogP contribution >= 0.6 is 0 Å². The van der Waals surface area contributed by atoms with Gasteiger partial charge in [-0.15, -0.1) is 0 Å². The Hall–Kier alpha value is -2.41. The van der Waals surface area contributed by atoms with Gasteiger partial charge in [0.2, 0.25) is 5.91 Å². The van der Waals surface area contributed by atoms with Crippen LogP contribution < -0.4 is 0 Å². The summed E-state index contributed by atoms with van der Waals surface area (Å²) in [5, 5.41) is 4.34. The topological polar surface area (TPSA) is 67.2 Å². The van der Waals surface area contributed by atoms with Gasteiger partial charge in [0.1, 0.15) is 0 Å². The minimum Gasteiger partial charge on any atom is -0.378 e. The Morgan fingerprint density at radius 1 is 1.12 bits per heavy atom. The summed E-state index contributed by atoms with van der Waals surface area (Å²) in [7, 11) is 0. The SMILES string of the molecule is CC(=O)N1CCC(c2ccn3ncc(C(=O)N4CCOCC4)c3c2)CC1. The number of amides is 2. The minimum absolute atomic E-state index is 0.0202. The van der Waals surface area contributed by atoms with Gasteiger partial charge in [-0.05, 0) is 36.5 Å². The molecule has 0 N–H and O–H groups in total. The highest BCUT2D eigenvalue weighted by Gasteiger charge is 2.25. The number of ether oxygens (including phenoxy) is 1. The maximum Gasteiger partial charge on any atom is 0.257 e. The van der Waals surface area contributed by atoms with Gasteiger partial charge in [-0.25, -0.2) is 4.52 Å². The number of hydrogen-bond donors (Lipinski definition) is 0. The molecule has 2 saturated heterocycles. The highest BCUT2D eigenvalue weighted by molar-refractivity contribution is 6.00. The van der Waals surface area contributed by atoms with Crippen LogP contribution in [0.2, 0.25) is 0 Å². The second-order valence-corrected chi connectivity index (χ2v) is 7.03. The Kier molecular flexibility index (Phi) is 4.63. The zero-order valence-corrected chi connectivity index (χ0v) is 15.1. The summed E-state index contributed by atoms with van der Waals surface area (Å²) < 4.78 is 7.10. The fourth-order valence-electron chi connectivity index (χ4n) is 3.88. The molecule has 2 amide bonds. The third-order valence-electron chi connectivity index (χ3n) is 5.49. The van der Waals surface area contributed by atoms with Crippen LogP contribution in [-0.4, -0.2) is 70.6 Å². The molecule has 0 spiro atoms. The number of likely N-dealkylation sites (tertiary alicyclic amines) is 1. The third kappa shape index (κ3) is 3.19. The molecule has 2 aromatic heterocycles. The van der Waals surface area contributed by atoms with Crippen LogP contribution in [0.1, 0.15) is 41.6 Å². The van der Waals surface area contributed by atoms with Crippen LogP contribution in [0.3, 0.4) is 0 Å². The Bertz CT molecular complexity index is 817. The number of piperidine rings is 1. The van der Waals surface area contributed by atoms with E-state index in [0.717, 1.165) is 31.4 Å². The van der Waals surface area contributed by atoms with Crippen LogP contribution in [0.25, 0.3) is 5.52 Å². The monoisotopic (exact) mass is 356 g/mol. The van der Waals surface area contributed by atoms with Crippen LogP contribution in [0.5, 0.6) is 0 Å². The van der Waals surface area contributed by atoms with Crippen molar-refractivity contribution < 1.29 is 14.3 Å². The summed E-state index contributed by atoms with van der Waals surface area (Å²) in [5.41, 5.74) is 2.72. The quantitative estimate of drug-likeness (QED) is 0.818. The molecule has 2 aliphatic heterocycles. The molecule has 0 saturated carbocycles. The number of hydrogen-bond acceptors (Lipinski definition) is 4. The van der Waals surface area contributed by atoms with Crippen molar-refractivity contribution in [1.29, 1.82) is 0 Å². The lowest BCUT2D eigenvalue weighted by Crippen LogP contribution is -2.40. The molecule has 0 bridgehead atoms. The third-order valence-corrected chi connectivity index (χ3v) is 5.49. The van der Waals surface area contributed by atoms with E-state index in [1.165, 1.54) is 5.56 Å². The smallest absolute Gasteiger partial charge is 0.257 e. The second-order valence-electron chi connectivity index (χ2n) is 7.03. The molecular formula is C19H24N4O3. The number of fused-ring (bicyclic) bond motifs is 1. The van der Waals surface area contributed by atoms with Crippen LogP contribution in [-0.2, 0) is 9.53 Å². The summed E-state index contributed by atoms with van der Waals surface area (Å²) in [5.74, 6) is 0.580. The molecule has 0 unspecified atom stereocenters. The van der Waals surface area contributed by atoms with Gasteiger partial charge in [0.05, 0.1) is 30.5 Å². The fourth-order valence-corrected chi connectivity index (χ4v) is 3.88. The van der Waals surface area contributed by atoms with Crippen molar-refractivity contribution >= 4 is 17.3 Å². The summed E-state index contributed by atoms with van der Waals surface area (Å²) in [6.45, 7) is 5.64. The largest absolute Gasteiger partial charge is 0.378 e. The second kappa shape index (κ2) is 7.07. The first-order chi connectivity index (χ1) is 12.6. The van der Waals surface area contributed by atoms with Crippen molar-refractivity contribution in [2.75, 3.05) is 39.4 Å².